The number of para-hydroxylation sites is 1. The van der Waals surface area contributed by atoms with E-state index in [2.05, 4.69) is 10.2 Å². The average molecular weight is 358 g/mol. The van der Waals surface area contributed by atoms with E-state index in [1.807, 2.05) is 49.0 Å². The van der Waals surface area contributed by atoms with Gasteiger partial charge in [0.2, 0.25) is 0 Å². The van der Waals surface area contributed by atoms with Gasteiger partial charge in [0.25, 0.3) is 5.91 Å². The van der Waals surface area contributed by atoms with Crippen molar-refractivity contribution < 1.29 is 4.79 Å². The molecule has 0 saturated carbocycles. The Morgan fingerprint density at radius 2 is 2.00 bits per heavy atom. The maximum absolute atomic E-state index is 12.6. The minimum atomic E-state index is -0.211. The van der Waals surface area contributed by atoms with Gasteiger partial charge in [-0.2, -0.15) is 10.2 Å². The molecule has 25 heavy (non-hydrogen) atoms. The Morgan fingerprint density at radius 3 is 2.64 bits per heavy atom. The number of carbonyl (C=O) groups is 1. The van der Waals surface area contributed by atoms with Gasteiger partial charge in [-0.1, -0.05) is 29.8 Å². The summed E-state index contributed by atoms with van der Waals surface area (Å²) in [6, 6.07) is 8.02. The summed E-state index contributed by atoms with van der Waals surface area (Å²) in [6.45, 7) is 4.30. The van der Waals surface area contributed by atoms with Crippen LogP contribution in [0, 0.1) is 13.8 Å². The second kappa shape index (κ2) is 6.72. The van der Waals surface area contributed by atoms with Crippen LogP contribution in [0.3, 0.4) is 0 Å². The second-order valence-corrected chi connectivity index (χ2v) is 6.49. The smallest absolute Gasteiger partial charge is 0.275 e. The Labute approximate surface area is 151 Å². The summed E-state index contributed by atoms with van der Waals surface area (Å²) in [4.78, 5) is 14.2. The Hall–Kier alpha value is -2.60. The minimum Gasteiger partial charge on any atom is -0.336 e. The summed E-state index contributed by atoms with van der Waals surface area (Å²) in [7, 11) is 3.50. The zero-order valence-corrected chi connectivity index (χ0v) is 15.4. The summed E-state index contributed by atoms with van der Waals surface area (Å²) >= 11 is 6.21. The van der Waals surface area contributed by atoms with Crippen molar-refractivity contribution >= 4 is 17.5 Å². The number of halogens is 1. The fraction of sp³-hybridized carbons (Fsp3) is 0.278. The van der Waals surface area contributed by atoms with Gasteiger partial charge in [-0.15, -0.1) is 0 Å². The molecule has 0 radical (unpaired) electrons. The third kappa shape index (κ3) is 3.30. The van der Waals surface area contributed by atoms with Crippen LogP contribution in [0.25, 0.3) is 5.69 Å². The van der Waals surface area contributed by atoms with Crippen LogP contribution in [0.5, 0.6) is 0 Å². The van der Waals surface area contributed by atoms with Crippen molar-refractivity contribution in [1.29, 1.82) is 0 Å². The molecule has 0 fully saturated rings. The van der Waals surface area contributed by atoms with Gasteiger partial charge in [0.05, 0.1) is 22.6 Å². The zero-order valence-electron chi connectivity index (χ0n) is 14.7. The number of aryl methyl sites for hydroxylation is 2. The Morgan fingerprint density at radius 1 is 1.28 bits per heavy atom. The number of nitrogens with zero attached hydrogens (tertiary/aromatic N) is 5. The predicted octanol–water partition coefficient (Wildman–Crippen LogP) is 3.15. The number of carbonyl (C=O) groups excluding carboxylic acids is 1. The van der Waals surface area contributed by atoms with Crippen molar-refractivity contribution in [2.75, 3.05) is 7.05 Å². The number of amides is 1. The van der Waals surface area contributed by atoms with E-state index in [1.54, 1.807) is 29.9 Å². The van der Waals surface area contributed by atoms with Crippen molar-refractivity contribution in [3.8, 4) is 5.69 Å². The highest BCUT2D eigenvalue weighted by Gasteiger charge is 2.22. The molecule has 0 N–H and O–H groups in total. The van der Waals surface area contributed by atoms with Gasteiger partial charge < -0.3 is 4.90 Å². The third-order valence-electron chi connectivity index (χ3n) is 4.23. The third-order valence-corrected chi connectivity index (χ3v) is 4.68. The van der Waals surface area contributed by atoms with E-state index >= 15 is 0 Å². The largest absolute Gasteiger partial charge is 0.336 e. The Balaban J connectivity index is 1.77. The molecule has 2 heterocycles. The van der Waals surface area contributed by atoms with Gasteiger partial charge in [-0.3, -0.25) is 9.48 Å². The van der Waals surface area contributed by atoms with Crippen LogP contribution in [0.2, 0.25) is 5.02 Å². The normalized spacial score (nSPS) is 10.9. The Kier molecular flexibility index (Phi) is 4.63. The summed E-state index contributed by atoms with van der Waals surface area (Å²) in [5.41, 5.74) is 4.13. The molecule has 0 aliphatic heterocycles. The first-order valence-corrected chi connectivity index (χ1v) is 8.30. The SMILES string of the molecule is Cc1ccccc1-n1cc(CN(C)C(=O)c2nn(C)c(C)c2Cl)cn1. The fourth-order valence-corrected chi connectivity index (χ4v) is 2.88. The molecule has 2 aromatic heterocycles. The van der Waals surface area contributed by atoms with E-state index in [0.717, 1.165) is 22.5 Å². The highest BCUT2D eigenvalue weighted by atomic mass is 35.5. The molecule has 0 unspecified atom stereocenters. The van der Waals surface area contributed by atoms with Crippen LogP contribution in [-0.2, 0) is 13.6 Å². The lowest BCUT2D eigenvalue weighted by Crippen LogP contribution is -2.26. The molecular formula is C18H20ClN5O. The minimum absolute atomic E-state index is 0.211. The summed E-state index contributed by atoms with van der Waals surface area (Å²) in [5.74, 6) is -0.211. The number of benzene rings is 1. The monoisotopic (exact) mass is 357 g/mol. The topological polar surface area (TPSA) is 56.0 Å². The lowest BCUT2D eigenvalue weighted by atomic mass is 10.2. The van der Waals surface area contributed by atoms with Gasteiger partial charge in [-0.05, 0) is 25.5 Å². The first-order valence-electron chi connectivity index (χ1n) is 7.92. The molecule has 3 aromatic rings. The van der Waals surface area contributed by atoms with Crippen LogP contribution >= 0.6 is 11.6 Å². The Bertz CT molecular complexity index is 927. The van der Waals surface area contributed by atoms with Crippen LogP contribution in [-0.4, -0.2) is 37.4 Å². The van der Waals surface area contributed by atoms with Crippen LogP contribution < -0.4 is 0 Å². The van der Waals surface area contributed by atoms with Gasteiger partial charge >= 0.3 is 0 Å². The van der Waals surface area contributed by atoms with E-state index in [-0.39, 0.29) is 11.6 Å². The van der Waals surface area contributed by atoms with Crippen LogP contribution in [0.15, 0.2) is 36.7 Å². The average Bonchev–Trinajstić information content (AvgIpc) is 3.15. The molecule has 3 rings (SSSR count). The second-order valence-electron chi connectivity index (χ2n) is 6.11. The molecule has 1 amide bonds. The number of aromatic nitrogens is 4. The van der Waals surface area contributed by atoms with Crippen LogP contribution in [0.4, 0.5) is 0 Å². The summed E-state index contributed by atoms with van der Waals surface area (Å²) in [6.07, 6.45) is 3.69. The number of hydrogen-bond donors (Lipinski definition) is 0. The maximum Gasteiger partial charge on any atom is 0.275 e. The van der Waals surface area contributed by atoms with E-state index in [4.69, 9.17) is 11.6 Å². The molecule has 130 valence electrons. The van der Waals surface area contributed by atoms with Gasteiger partial charge in [0.1, 0.15) is 0 Å². The lowest BCUT2D eigenvalue weighted by molar-refractivity contribution is 0.0778. The van der Waals surface area contributed by atoms with Crippen molar-refractivity contribution in [3.63, 3.8) is 0 Å². The molecule has 0 aliphatic carbocycles. The van der Waals surface area contributed by atoms with Crippen molar-refractivity contribution in [1.82, 2.24) is 24.5 Å². The van der Waals surface area contributed by atoms with Gasteiger partial charge in [0, 0.05) is 32.4 Å². The number of hydrogen-bond acceptors (Lipinski definition) is 3. The highest BCUT2D eigenvalue weighted by Crippen LogP contribution is 2.21. The van der Waals surface area contributed by atoms with Crippen LogP contribution in [0.1, 0.15) is 27.3 Å². The first kappa shape index (κ1) is 17.2. The predicted molar refractivity (Wildman–Crippen MR) is 97.1 cm³/mol. The molecule has 0 bridgehead atoms. The van der Waals surface area contributed by atoms with E-state index in [9.17, 15) is 4.79 Å². The van der Waals surface area contributed by atoms with E-state index < -0.39 is 0 Å². The molecule has 0 spiro atoms. The van der Waals surface area contributed by atoms with Crippen molar-refractivity contribution in [3.05, 3.63) is 64.2 Å². The molecule has 0 aliphatic rings. The molecule has 0 atom stereocenters. The molecular weight excluding hydrogens is 338 g/mol. The van der Waals surface area contributed by atoms with Gasteiger partial charge in [-0.25, -0.2) is 4.68 Å². The maximum atomic E-state index is 12.6. The quantitative estimate of drug-likeness (QED) is 0.720. The molecule has 7 heteroatoms. The first-order chi connectivity index (χ1) is 11.9. The molecule has 0 saturated heterocycles. The van der Waals surface area contributed by atoms with E-state index in [0.29, 0.717) is 11.6 Å². The van der Waals surface area contributed by atoms with Crippen molar-refractivity contribution in [2.45, 2.75) is 20.4 Å². The van der Waals surface area contributed by atoms with Crippen molar-refractivity contribution in [2.24, 2.45) is 7.05 Å². The highest BCUT2D eigenvalue weighted by molar-refractivity contribution is 6.34. The standard InChI is InChI=1S/C18H20ClN5O/c1-12-7-5-6-8-15(12)24-11-14(9-20-24)10-22(3)18(25)17-16(19)13(2)23(4)21-17/h5-9,11H,10H2,1-4H3. The molecule has 1 aromatic carbocycles. The zero-order chi connectivity index (χ0) is 18.1. The lowest BCUT2D eigenvalue weighted by Gasteiger charge is -2.14. The summed E-state index contributed by atoms with van der Waals surface area (Å²) in [5, 5.41) is 9.01. The summed E-state index contributed by atoms with van der Waals surface area (Å²) < 4.78 is 3.43. The number of rotatable bonds is 4. The van der Waals surface area contributed by atoms with E-state index in [1.165, 1.54) is 0 Å². The fourth-order valence-electron chi connectivity index (χ4n) is 2.64. The van der Waals surface area contributed by atoms with Gasteiger partial charge in [0.15, 0.2) is 5.69 Å². The molecule has 6 nitrogen and oxygen atoms in total.